The summed E-state index contributed by atoms with van der Waals surface area (Å²) in [5.41, 5.74) is 2.47. The fraction of sp³-hybridized carbons (Fsp3) is 0.115. The van der Waals surface area contributed by atoms with Crippen LogP contribution in [-0.4, -0.2) is 33.9 Å². The molecule has 0 fully saturated rings. The minimum absolute atomic E-state index is 0.0872. The van der Waals surface area contributed by atoms with Gasteiger partial charge in [0.05, 0.1) is 18.7 Å². The molecule has 0 atom stereocenters. The van der Waals surface area contributed by atoms with Crippen molar-refractivity contribution >= 4 is 5.91 Å². The Hall–Kier alpha value is -4.19. The van der Waals surface area contributed by atoms with Gasteiger partial charge >= 0.3 is 0 Å². The number of hydrogen-bond acceptors (Lipinski definition) is 5. The van der Waals surface area contributed by atoms with Crippen LogP contribution in [0.25, 0.3) is 11.1 Å². The summed E-state index contributed by atoms with van der Waals surface area (Å²) in [5.74, 6) is 2.66. The molecule has 0 bridgehead atoms. The number of hydrogen-bond donors (Lipinski definition) is 0. The van der Waals surface area contributed by atoms with Crippen LogP contribution < -0.4 is 9.47 Å². The molecule has 0 saturated heterocycles. The van der Waals surface area contributed by atoms with Crippen LogP contribution in [0.15, 0.2) is 91.3 Å². The number of benzene rings is 3. The van der Waals surface area contributed by atoms with Crippen molar-refractivity contribution in [2.24, 2.45) is 0 Å². The third kappa shape index (κ3) is 4.30. The molecular weight excluding hydrogens is 402 g/mol. The number of aromatic nitrogens is 2. The average Bonchev–Trinajstić information content (AvgIpc) is 2.99. The van der Waals surface area contributed by atoms with Gasteiger partial charge in [-0.05, 0) is 53.6 Å². The largest absolute Gasteiger partial charge is 0.491 e. The zero-order valence-corrected chi connectivity index (χ0v) is 17.3. The molecule has 158 valence electrons. The van der Waals surface area contributed by atoms with Gasteiger partial charge in [0.2, 0.25) is 0 Å². The second-order valence-corrected chi connectivity index (χ2v) is 7.39. The molecule has 0 radical (unpaired) electrons. The lowest BCUT2D eigenvalue weighted by Crippen LogP contribution is -2.32. The van der Waals surface area contributed by atoms with Gasteiger partial charge in [-0.15, -0.1) is 0 Å². The number of ether oxygens (including phenoxy) is 2. The molecule has 5 rings (SSSR count). The summed E-state index contributed by atoms with van der Waals surface area (Å²) in [7, 11) is 0. The smallest absolute Gasteiger partial charge is 0.258 e. The van der Waals surface area contributed by atoms with Crippen molar-refractivity contribution in [3.05, 3.63) is 103 Å². The molecule has 4 aromatic rings. The van der Waals surface area contributed by atoms with Crippen LogP contribution in [0.2, 0.25) is 0 Å². The molecule has 0 N–H and O–H groups in total. The fourth-order valence-electron chi connectivity index (χ4n) is 3.61. The highest BCUT2D eigenvalue weighted by Crippen LogP contribution is 2.31. The molecule has 0 spiro atoms. The first-order valence-corrected chi connectivity index (χ1v) is 10.4. The molecule has 32 heavy (non-hydrogen) atoms. The zero-order valence-electron chi connectivity index (χ0n) is 17.3. The SMILES string of the molecule is O=C1c2cc(-c3ccc(Oc4ccccc4)cc3)ccc2OCCN1Cc1ncccn1. The van der Waals surface area contributed by atoms with Crippen molar-refractivity contribution in [2.45, 2.75) is 6.54 Å². The Morgan fingerprint density at radius 1 is 0.844 bits per heavy atom. The van der Waals surface area contributed by atoms with Crippen molar-refractivity contribution in [3.63, 3.8) is 0 Å². The monoisotopic (exact) mass is 423 g/mol. The molecule has 0 unspecified atom stereocenters. The van der Waals surface area contributed by atoms with Gasteiger partial charge in [0, 0.05) is 12.4 Å². The first kappa shape index (κ1) is 19.8. The Morgan fingerprint density at radius 2 is 1.56 bits per heavy atom. The highest BCUT2D eigenvalue weighted by Gasteiger charge is 2.24. The topological polar surface area (TPSA) is 64.6 Å². The minimum atomic E-state index is -0.0872. The number of carbonyl (C=O) groups excluding carboxylic acids is 1. The minimum Gasteiger partial charge on any atom is -0.491 e. The first-order chi connectivity index (χ1) is 15.8. The standard InChI is InChI=1S/C26H21N3O3/c30-26-23-17-20(19-7-10-22(11-8-19)32-21-5-2-1-3-6-21)9-12-24(23)31-16-15-29(26)18-25-27-13-4-14-28-25/h1-14,17H,15-16,18H2. The van der Waals surface area contributed by atoms with E-state index in [1.54, 1.807) is 23.4 Å². The molecule has 0 saturated carbocycles. The van der Waals surface area contributed by atoms with Gasteiger partial charge < -0.3 is 14.4 Å². The van der Waals surface area contributed by atoms with E-state index in [1.165, 1.54) is 0 Å². The van der Waals surface area contributed by atoms with Crippen molar-refractivity contribution in [1.82, 2.24) is 14.9 Å². The molecule has 1 aromatic heterocycles. The summed E-state index contributed by atoms with van der Waals surface area (Å²) in [6.45, 7) is 1.25. The van der Waals surface area contributed by atoms with Crippen molar-refractivity contribution in [1.29, 1.82) is 0 Å². The highest BCUT2D eigenvalue weighted by molar-refractivity contribution is 5.98. The molecule has 1 aliphatic heterocycles. The van der Waals surface area contributed by atoms with E-state index in [0.29, 0.717) is 36.8 Å². The number of nitrogens with zero attached hydrogens (tertiary/aromatic N) is 3. The Morgan fingerprint density at radius 3 is 2.34 bits per heavy atom. The Labute approximate surface area is 186 Å². The summed E-state index contributed by atoms with van der Waals surface area (Å²) < 4.78 is 11.7. The van der Waals surface area contributed by atoms with Gasteiger partial charge in [0.1, 0.15) is 29.7 Å². The lowest BCUT2D eigenvalue weighted by molar-refractivity contribution is 0.0738. The molecule has 1 aliphatic rings. The first-order valence-electron chi connectivity index (χ1n) is 10.4. The van der Waals surface area contributed by atoms with E-state index in [9.17, 15) is 4.79 Å². The summed E-state index contributed by atoms with van der Waals surface area (Å²) in [6.07, 6.45) is 3.36. The van der Waals surface area contributed by atoms with E-state index in [-0.39, 0.29) is 5.91 Å². The van der Waals surface area contributed by atoms with E-state index in [4.69, 9.17) is 9.47 Å². The fourth-order valence-corrected chi connectivity index (χ4v) is 3.61. The second kappa shape index (κ2) is 8.89. The van der Waals surface area contributed by atoms with Crippen LogP contribution >= 0.6 is 0 Å². The quantitative estimate of drug-likeness (QED) is 0.453. The van der Waals surface area contributed by atoms with E-state index >= 15 is 0 Å². The lowest BCUT2D eigenvalue weighted by atomic mass is 10.0. The van der Waals surface area contributed by atoms with E-state index in [1.807, 2.05) is 72.8 Å². The molecule has 6 nitrogen and oxygen atoms in total. The van der Waals surface area contributed by atoms with Crippen LogP contribution in [0, 0.1) is 0 Å². The van der Waals surface area contributed by atoms with Crippen molar-refractivity contribution in [3.8, 4) is 28.4 Å². The highest BCUT2D eigenvalue weighted by atomic mass is 16.5. The van der Waals surface area contributed by atoms with Gasteiger partial charge in [0.25, 0.3) is 5.91 Å². The van der Waals surface area contributed by atoms with Crippen molar-refractivity contribution in [2.75, 3.05) is 13.2 Å². The average molecular weight is 423 g/mol. The van der Waals surface area contributed by atoms with Crippen LogP contribution in [0.5, 0.6) is 17.2 Å². The number of para-hydroxylation sites is 1. The van der Waals surface area contributed by atoms with E-state index in [2.05, 4.69) is 9.97 Å². The summed E-state index contributed by atoms with van der Waals surface area (Å²) >= 11 is 0. The molecule has 0 aliphatic carbocycles. The van der Waals surface area contributed by atoms with E-state index in [0.717, 1.165) is 22.6 Å². The maximum Gasteiger partial charge on any atom is 0.258 e. The number of fused-ring (bicyclic) bond motifs is 1. The number of amides is 1. The lowest BCUT2D eigenvalue weighted by Gasteiger charge is -2.19. The summed E-state index contributed by atoms with van der Waals surface area (Å²) in [6, 6.07) is 24.9. The van der Waals surface area contributed by atoms with Gasteiger partial charge in [-0.1, -0.05) is 36.4 Å². The van der Waals surface area contributed by atoms with Gasteiger partial charge in [-0.3, -0.25) is 4.79 Å². The summed E-state index contributed by atoms with van der Waals surface area (Å²) in [5, 5.41) is 0. The molecule has 6 heteroatoms. The Balaban J connectivity index is 1.38. The van der Waals surface area contributed by atoms with Crippen LogP contribution in [0.4, 0.5) is 0 Å². The molecular formula is C26H21N3O3. The number of rotatable bonds is 5. The maximum atomic E-state index is 13.3. The molecule has 2 heterocycles. The third-order valence-corrected chi connectivity index (χ3v) is 5.23. The number of carbonyl (C=O) groups is 1. The van der Waals surface area contributed by atoms with Gasteiger partial charge in [-0.25, -0.2) is 9.97 Å². The van der Waals surface area contributed by atoms with Crippen LogP contribution in [0.3, 0.4) is 0 Å². The van der Waals surface area contributed by atoms with E-state index < -0.39 is 0 Å². The molecule has 1 amide bonds. The van der Waals surface area contributed by atoms with Gasteiger partial charge in [0.15, 0.2) is 0 Å². The normalized spacial score (nSPS) is 13.1. The van der Waals surface area contributed by atoms with Gasteiger partial charge in [-0.2, -0.15) is 0 Å². The third-order valence-electron chi connectivity index (χ3n) is 5.23. The predicted octanol–water partition coefficient (Wildman–Crippen LogP) is 4.97. The van der Waals surface area contributed by atoms with Crippen LogP contribution in [0.1, 0.15) is 16.2 Å². The Bertz CT molecular complexity index is 1210. The maximum absolute atomic E-state index is 13.3. The zero-order chi connectivity index (χ0) is 21.8. The summed E-state index contributed by atoms with van der Waals surface area (Å²) in [4.78, 5) is 23.5. The predicted molar refractivity (Wildman–Crippen MR) is 121 cm³/mol. The Kier molecular flexibility index (Phi) is 5.49. The molecule has 3 aromatic carbocycles. The second-order valence-electron chi connectivity index (χ2n) is 7.39. The van der Waals surface area contributed by atoms with Crippen molar-refractivity contribution < 1.29 is 14.3 Å². The van der Waals surface area contributed by atoms with Crippen LogP contribution in [-0.2, 0) is 6.54 Å².